The summed E-state index contributed by atoms with van der Waals surface area (Å²) in [7, 11) is -6.00. The van der Waals surface area contributed by atoms with Crippen molar-refractivity contribution in [2.75, 3.05) is 0 Å². The smallest absolute Gasteiger partial charge is 0.200 e. The van der Waals surface area contributed by atoms with Gasteiger partial charge in [-0.15, -0.1) is 0 Å². The van der Waals surface area contributed by atoms with Crippen LogP contribution in [0.25, 0.3) is 21.5 Å². The van der Waals surface area contributed by atoms with E-state index < -0.39 is 76.6 Å². The summed E-state index contributed by atoms with van der Waals surface area (Å²) in [4.78, 5) is 0. The summed E-state index contributed by atoms with van der Waals surface area (Å²) in [6, 6.07) is 30.1. The Morgan fingerprint density at radius 1 is 0.255 bits per heavy atom. The molecule has 0 radical (unpaired) electrons. The first-order chi connectivity index (χ1) is 24.5. The lowest BCUT2D eigenvalue weighted by atomic mass is 9.89. The van der Waals surface area contributed by atoms with Gasteiger partial charge in [0.15, 0.2) is 54.6 Å². The third-order valence-corrected chi connectivity index (χ3v) is 13.9. The molecule has 0 aliphatic carbocycles. The van der Waals surface area contributed by atoms with Gasteiger partial charge in [0.2, 0.25) is 11.6 Å². The molecule has 11 heteroatoms. The molecule has 0 nitrogen and oxygen atoms in total. The van der Waals surface area contributed by atoms with Crippen LogP contribution >= 0.6 is 0 Å². The molecule has 0 bridgehead atoms. The zero-order valence-electron chi connectivity index (χ0n) is 25.8. The van der Waals surface area contributed by atoms with E-state index >= 15 is 35.1 Å². The van der Waals surface area contributed by atoms with Gasteiger partial charge in [0.05, 0.1) is 0 Å². The zero-order valence-corrected chi connectivity index (χ0v) is 26.8. The van der Waals surface area contributed by atoms with E-state index in [0.717, 1.165) is 0 Å². The molecule has 0 saturated carbocycles. The number of hydrogen-bond acceptors (Lipinski definition) is 0. The minimum Gasteiger partial charge on any atom is -0.204 e. The predicted molar refractivity (Wildman–Crippen MR) is 177 cm³/mol. The molecule has 0 fully saturated rings. The number of benzene rings is 6. The monoisotopic (exact) mass is 718 g/mol. The molecule has 7 rings (SSSR count). The predicted octanol–water partition coefficient (Wildman–Crippen LogP) is 9.95. The van der Waals surface area contributed by atoms with Crippen molar-refractivity contribution in [2.24, 2.45) is 0 Å². The standard InChI is InChI=1S/C40H20F10Si/c41-27-29(43)33(47)39(34(48)30(27)44)51(40-35(49)31(45)28(42)32(46)36(40)50)37(23-17-9-3-10-18-23)25(21-13-5-1-6-14-21)26(22-15-7-2-8-16-22)38(51)24-19-11-4-12-20-24/h1-20H. The van der Waals surface area contributed by atoms with Crippen molar-refractivity contribution in [3.05, 3.63) is 202 Å². The minimum atomic E-state index is -6.00. The van der Waals surface area contributed by atoms with Gasteiger partial charge in [0.1, 0.15) is 0 Å². The summed E-state index contributed by atoms with van der Waals surface area (Å²) in [6.45, 7) is 0. The molecule has 51 heavy (non-hydrogen) atoms. The summed E-state index contributed by atoms with van der Waals surface area (Å²) in [5.41, 5.74) is 0.486. The Morgan fingerprint density at radius 2 is 0.471 bits per heavy atom. The molecule has 1 heterocycles. The second kappa shape index (κ2) is 12.9. The fourth-order valence-electron chi connectivity index (χ4n) is 6.96. The molecule has 254 valence electrons. The largest absolute Gasteiger partial charge is 0.204 e. The lowest BCUT2D eigenvalue weighted by molar-refractivity contribution is 0.382. The zero-order chi connectivity index (χ0) is 36.2. The van der Waals surface area contributed by atoms with Crippen LogP contribution in [0.1, 0.15) is 22.3 Å². The average Bonchev–Trinajstić information content (AvgIpc) is 3.48. The summed E-state index contributed by atoms with van der Waals surface area (Å²) in [5.74, 6) is -24.9. The first-order valence-corrected chi connectivity index (χ1v) is 17.3. The summed E-state index contributed by atoms with van der Waals surface area (Å²) in [5, 5.41) is -4.17. The summed E-state index contributed by atoms with van der Waals surface area (Å²) >= 11 is 0. The Labute approximate surface area is 285 Å². The van der Waals surface area contributed by atoms with E-state index in [2.05, 4.69) is 0 Å². The quantitative estimate of drug-likeness (QED) is 0.0697. The van der Waals surface area contributed by atoms with E-state index in [4.69, 9.17) is 0 Å². The number of allylic oxidation sites excluding steroid dienone is 2. The van der Waals surface area contributed by atoms with Gasteiger partial charge in [-0.05, 0) is 43.8 Å². The van der Waals surface area contributed by atoms with Crippen molar-refractivity contribution in [1.82, 2.24) is 0 Å². The number of hydrogen-bond donors (Lipinski definition) is 0. The highest BCUT2D eigenvalue weighted by molar-refractivity contribution is 7.29. The van der Waals surface area contributed by atoms with E-state index in [1.165, 1.54) is 60.7 Å². The second-order valence-electron chi connectivity index (χ2n) is 11.6. The van der Waals surface area contributed by atoms with Crippen molar-refractivity contribution in [1.29, 1.82) is 0 Å². The first-order valence-electron chi connectivity index (χ1n) is 15.3. The lowest BCUT2D eigenvalue weighted by Gasteiger charge is -2.36. The maximum Gasteiger partial charge on any atom is 0.200 e. The molecule has 1 aliphatic heterocycles. The van der Waals surface area contributed by atoms with Gasteiger partial charge < -0.3 is 0 Å². The van der Waals surface area contributed by atoms with E-state index in [0.29, 0.717) is 0 Å². The topological polar surface area (TPSA) is 0 Å². The van der Waals surface area contributed by atoms with Crippen LogP contribution in [-0.2, 0) is 0 Å². The third-order valence-electron chi connectivity index (χ3n) is 8.92. The average molecular weight is 719 g/mol. The molecule has 0 spiro atoms. The normalized spacial score (nSPS) is 14.1. The molecule has 0 atom stereocenters. The first kappa shape index (κ1) is 33.8. The Bertz CT molecular complexity index is 2160. The lowest BCUT2D eigenvalue weighted by Crippen LogP contribution is -2.65. The van der Waals surface area contributed by atoms with Crippen LogP contribution in [0.3, 0.4) is 0 Å². The van der Waals surface area contributed by atoms with Crippen LogP contribution in [0.15, 0.2) is 121 Å². The van der Waals surface area contributed by atoms with Crippen LogP contribution < -0.4 is 10.4 Å². The van der Waals surface area contributed by atoms with Crippen molar-refractivity contribution in [3.8, 4) is 0 Å². The maximum atomic E-state index is 16.7. The highest BCUT2D eigenvalue weighted by atomic mass is 28.3. The van der Waals surface area contributed by atoms with Gasteiger partial charge in [-0.3, -0.25) is 0 Å². The Balaban J connectivity index is 1.93. The second-order valence-corrected chi connectivity index (χ2v) is 15.1. The van der Waals surface area contributed by atoms with E-state index in [9.17, 15) is 8.78 Å². The molecule has 0 amide bonds. The van der Waals surface area contributed by atoms with Crippen LogP contribution in [0.4, 0.5) is 43.9 Å². The molecule has 6 aromatic rings. The molecule has 0 aromatic heterocycles. The van der Waals surface area contributed by atoms with Gasteiger partial charge in [-0.2, -0.15) is 0 Å². The van der Waals surface area contributed by atoms with Crippen molar-refractivity contribution in [3.63, 3.8) is 0 Å². The van der Waals surface area contributed by atoms with E-state index in [1.54, 1.807) is 60.7 Å². The SMILES string of the molecule is Fc1c(F)c(F)c([Si]2(c3c(F)c(F)c(F)c(F)c3F)C(c3ccccc3)=C(c3ccccc3)C(c3ccccc3)=C2c2ccccc2)c(F)c1F. The maximum absolute atomic E-state index is 16.7. The van der Waals surface area contributed by atoms with Crippen molar-refractivity contribution < 1.29 is 43.9 Å². The molecule has 6 aromatic carbocycles. The molecule has 1 aliphatic rings. The number of halogens is 10. The van der Waals surface area contributed by atoms with Gasteiger partial charge in [-0.1, -0.05) is 121 Å². The fourth-order valence-corrected chi connectivity index (χ4v) is 12.7. The van der Waals surface area contributed by atoms with Gasteiger partial charge in [0, 0.05) is 10.4 Å². The van der Waals surface area contributed by atoms with Crippen molar-refractivity contribution in [2.45, 2.75) is 0 Å². The minimum absolute atomic E-state index is 0.0198. The Kier molecular flexibility index (Phi) is 8.54. The van der Waals surface area contributed by atoms with Crippen LogP contribution in [0.2, 0.25) is 0 Å². The number of rotatable bonds is 6. The van der Waals surface area contributed by atoms with Crippen LogP contribution in [0.5, 0.6) is 0 Å². The molecular formula is C40H20F10Si. The van der Waals surface area contributed by atoms with E-state index in [1.807, 2.05) is 0 Å². The van der Waals surface area contributed by atoms with Crippen LogP contribution in [0, 0.1) is 58.2 Å². The molecular weight excluding hydrogens is 699 g/mol. The van der Waals surface area contributed by atoms with Gasteiger partial charge >= 0.3 is 0 Å². The molecule has 0 N–H and O–H groups in total. The van der Waals surface area contributed by atoms with Crippen molar-refractivity contribution >= 4 is 40.0 Å². The molecule has 0 unspecified atom stereocenters. The summed E-state index contributed by atoms with van der Waals surface area (Å²) in [6.07, 6.45) is 0. The Hall–Kier alpha value is -5.68. The highest BCUT2D eigenvalue weighted by Crippen LogP contribution is 2.56. The van der Waals surface area contributed by atoms with E-state index in [-0.39, 0.29) is 43.8 Å². The fraction of sp³-hybridized carbons (Fsp3) is 0. The van der Waals surface area contributed by atoms with Crippen LogP contribution in [-0.4, -0.2) is 8.07 Å². The van der Waals surface area contributed by atoms with Gasteiger partial charge in [0.25, 0.3) is 0 Å². The summed E-state index contributed by atoms with van der Waals surface area (Å²) < 4.78 is 159. The van der Waals surface area contributed by atoms with Gasteiger partial charge in [-0.25, -0.2) is 43.9 Å². The molecule has 0 saturated heterocycles. The Morgan fingerprint density at radius 3 is 0.725 bits per heavy atom. The highest BCUT2D eigenvalue weighted by Gasteiger charge is 2.60. The third kappa shape index (κ3) is 4.97.